The number of nitrogens with one attached hydrogen (secondary N) is 3. The summed E-state index contributed by atoms with van der Waals surface area (Å²) in [6.07, 6.45) is 4.29. The molecule has 0 radical (unpaired) electrons. The van der Waals surface area contributed by atoms with Crippen LogP contribution in [0.4, 0.5) is 13.2 Å². The van der Waals surface area contributed by atoms with Crippen LogP contribution >= 0.6 is 0 Å². The van der Waals surface area contributed by atoms with Crippen molar-refractivity contribution in [3.63, 3.8) is 0 Å². The van der Waals surface area contributed by atoms with Gasteiger partial charge in [0.05, 0.1) is 37.7 Å². The maximum absolute atomic E-state index is 15.9. The van der Waals surface area contributed by atoms with Crippen LogP contribution in [0.25, 0.3) is 0 Å². The summed E-state index contributed by atoms with van der Waals surface area (Å²) in [6, 6.07) is -11.6. The van der Waals surface area contributed by atoms with Crippen molar-refractivity contribution in [2.24, 2.45) is 40.9 Å². The van der Waals surface area contributed by atoms with Crippen LogP contribution in [0.15, 0.2) is 12.2 Å². The van der Waals surface area contributed by atoms with E-state index in [0.717, 1.165) is 43.4 Å². The Morgan fingerprint density at radius 3 is 1.97 bits per heavy atom. The highest BCUT2D eigenvalue weighted by atomic mass is 19.4. The molecule has 30 heteroatoms. The molecule has 8 rings (SSSR count). The van der Waals surface area contributed by atoms with E-state index in [2.05, 4.69) is 22.9 Å². The van der Waals surface area contributed by atoms with Crippen LogP contribution in [-0.2, 0) is 71.7 Å². The smallest absolute Gasteiger partial charge is 0.381 e. The Kier molecular flexibility index (Phi) is 31.2. The van der Waals surface area contributed by atoms with Gasteiger partial charge in [0.15, 0.2) is 0 Å². The summed E-state index contributed by atoms with van der Waals surface area (Å²) < 4.78 is 60.5. The zero-order chi connectivity index (χ0) is 81.0. The minimum absolute atomic E-state index is 0.00932. The second-order valence-corrected chi connectivity index (χ2v) is 34.2. The van der Waals surface area contributed by atoms with Gasteiger partial charge >= 0.3 is 6.18 Å². The van der Waals surface area contributed by atoms with E-state index in [1.807, 2.05) is 39.8 Å². The fraction of sp³-hybridized carbons (Fsp3) is 0.825. The molecule has 4 aliphatic heterocycles. The first kappa shape index (κ1) is 88.6. The number of carbonyl (C=O) groups is 12. The molecular weight excluding hydrogens is 1430 g/mol. The zero-order valence-electron chi connectivity index (χ0n) is 68.2. The van der Waals surface area contributed by atoms with E-state index in [1.165, 1.54) is 88.6 Å². The summed E-state index contributed by atoms with van der Waals surface area (Å²) in [4.78, 5) is 197. The monoisotopic (exact) mass is 1550 g/mol. The van der Waals surface area contributed by atoms with Gasteiger partial charge in [0, 0.05) is 88.8 Å². The number of fused-ring (bicyclic) bond motifs is 4. The van der Waals surface area contributed by atoms with Crippen molar-refractivity contribution in [3.05, 3.63) is 12.2 Å². The highest BCUT2D eigenvalue weighted by Gasteiger charge is 2.60. The van der Waals surface area contributed by atoms with E-state index < -0.39 is 179 Å². The second-order valence-electron chi connectivity index (χ2n) is 34.2. The van der Waals surface area contributed by atoms with Gasteiger partial charge in [0.2, 0.25) is 70.9 Å². The number of likely N-dealkylation sites (N-methyl/N-ethyl adjacent to an activating group) is 6. The third kappa shape index (κ3) is 21.1. The third-order valence-corrected chi connectivity index (χ3v) is 25.3. The van der Waals surface area contributed by atoms with E-state index in [-0.39, 0.29) is 134 Å². The first-order valence-electron chi connectivity index (χ1n) is 40.8. The number of hydrogen-bond donors (Lipinski definition) is 3. The van der Waals surface area contributed by atoms with Gasteiger partial charge in [0.1, 0.15) is 59.9 Å². The van der Waals surface area contributed by atoms with Crippen molar-refractivity contribution < 1.29 is 84.9 Å². The van der Waals surface area contributed by atoms with Gasteiger partial charge in [-0.05, 0) is 159 Å². The normalized spacial score (nSPS) is 32.4. The summed E-state index contributed by atoms with van der Waals surface area (Å²) in [5.41, 5.74) is -2.14. The van der Waals surface area contributed by atoms with E-state index >= 15 is 47.9 Å². The van der Waals surface area contributed by atoms with Gasteiger partial charge in [-0.15, -0.1) is 0 Å². The third-order valence-electron chi connectivity index (χ3n) is 25.3. The molecule has 0 aromatic rings. The molecule has 3 saturated heterocycles. The molecule has 0 aromatic carbocycles. The lowest BCUT2D eigenvalue weighted by Gasteiger charge is -2.54. The van der Waals surface area contributed by atoms with Gasteiger partial charge < -0.3 is 74.3 Å². The Morgan fingerprint density at radius 2 is 1.35 bits per heavy atom. The van der Waals surface area contributed by atoms with Gasteiger partial charge in [-0.2, -0.15) is 13.2 Å². The molecule has 2 bridgehead atoms. The van der Waals surface area contributed by atoms with Crippen LogP contribution in [0.3, 0.4) is 0 Å². The van der Waals surface area contributed by atoms with Crippen molar-refractivity contribution >= 4 is 70.9 Å². The fourth-order valence-corrected chi connectivity index (χ4v) is 18.9. The molecule has 110 heavy (non-hydrogen) atoms. The minimum Gasteiger partial charge on any atom is -0.381 e. The summed E-state index contributed by atoms with van der Waals surface area (Å²) >= 11 is 0. The van der Waals surface area contributed by atoms with Gasteiger partial charge in [-0.25, -0.2) is 0 Å². The van der Waals surface area contributed by atoms with Gasteiger partial charge in [0.25, 0.3) is 0 Å². The number of hydrogen-bond acceptors (Lipinski definition) is 15. The topological polar surface area (TPSA) is 298 Å². The van der Waals surface area contributed by atoms with Gasteiger partial charge in [-0.3, -0.25) is 57.5 Å². The summed E-state index contributed by atoms with van der Waals surface area (Å²) in [5.74, 6) is -10.2. The van der Waals surface area contributed by atoms with Crippen molar-refractivity contribution in [2.75, 3.05) is 102 Å². The molecule has 7 fully saturated rings. The number of carbonyl (C=O) groups excluding carboxylic acids is 12. The van der Waals surface area contributed by atoms with Crippen molar-refractivity contribution in [2.45, 2.75) is 281 Å². The Morgan fingerprint density at radius 1 is 0.673 bits per heavy atom. The van der Waals surface area contributed by atoms with E-state index in [1.54, 1.807) is 20.8 Å². The lowest BCUT2D eigenvalue weighted by atomic mass is 9.58. The van der Waals surface area contributed by atoms with Crippen LogP contribution in [0.2, 0.25) is 0 Å². The number of nitrogens with zero attached hydrogens (tertiary/aromatic N) is 9. The Labute approximate surface area is 649 Å². The first-order valence-corrected chi connectivity index (χ1v) is 40.8. The molecule has 3 unspecified atom stereocenters. The molecule has 3 N–H and O–H groups in total. The van der Waals surface area contributed by atoms with Crippen molar-refractivity contribution in [1.29, 1.82) is 0 Å². The molecule has 620 valence electrons. The molecular formula is C80H129F3N12O15. The predicted octanol–water partition coefficient (Wildman–Crippen LogP) is 6.09. The molecule has 4 saturated carbocycles. The predicted molar refractivity (Wildman–Crippen MR) is 404 cm³/mol. The number of amides is 12. The maximum Gasteiger partial charge on any atom is 0.394 e. The number of alkyl halides is 3. The quantitative estimate of drug-likeness (QED) is 0.116. The number of ether oxygens (including phenoxy) is 3. The van der Waals surface area contributed by atoms with Crippen LogP contribution < -0.4 is 16.0 Å². The minimum atomic E-state index is -4.52. The number of rotatable bonds is 16. The molecule has 4 aliphatic carbocycles. The zero-order valence-corrected chi connectivity index (χ0v) is 68.2. The maximum atomic E-state index is 15.9. The van der Waals surface area contributed by atoms with Crippen LogP contribution in [0, 0.1) is 40.9 Å². The molecule has 27 nitrogen and oxygen atoms in total. The van der Waals surface area contributed by atoms with E-state index in [9.17, 15) is 22.8 Å². The first-order chi connectivity index (χ1) is 51.9. The van der Waals surface area contributed by atoms with Crippen LogP contribution in [0.1, 0.15) is 203 Å². The van der Waals surface area contributed by atoms with E-state index in [4.69, 9.17) is 14.2 Å². The highest BCUT2D eigenvalue weighted by Crippen LogP contribution is 2.50. The summed E-state index contributed by atoms with van der Waals surface area (Å²) in [5, 5.41) is 8.89. The fourth-order valence-electron chi connectivity index (χ4n) is 18.9. The standard InChI is InChI=1S/C80H129F3N12O15/c1-16-39-109-46-62-68(98)85-66(51(6)110-18-3)75(105)93-38-24-28-58(93)73(103)90(12)57-27-20-19-23-37-94(74(57)104)61(41-52-31-29-49(4)30-32-52)72(102)88(10)45-64(96)84-56(36-34-53-33-35-55(80(81,82)83)63(42-53)108-15)70(100)95-44-50(5)40-59(95)69(99)86-79(47-78(7,8)48-79)77(107)92(14)67(54-25-21-22-26-54)76(106)91(13)60(43-65(97)89(62)11)71(101)87(9)17-2/h19-20,49-63,66-67H,16-18,21-48H2,1-15H3,(H,84,96)(H,85,98)(H,86,99)/b20-19-/t49?,50-,51+,52?,53?,55?,56-,57-,58-,59-,60-,61-,62-,63?,66-,67-/m0/s1. The second kappa shape index (κ2) is 38.7. The Hall–Kier alpha value is -6.95. The van der Waals surface area contributed by atoms with E-state index in [0.29, 0.717) is 38.0 Å². The number of halogens is 3. The molecule has 14 atom stereocenters. The largest absolute Gasteiger partial charge is 0.394 e. The SMILES string of the molecule is CCCOC[C@H]1C(=O)N[C@@H]([C@@H](C)OCC)C(=O)N2CCC[C@H]2C(=O)N(C)[C@H]2C/C=C\CCN(C2=O)[C@@H](CC2CCC(C)CC2)C(=O)N(C)CC(=O)N[C@@H](CCC2CCC(C(F)(F)F)C(OC)C2)C(=O)N2C[C@@H](C)C[C@H]2C(=O)NC2(CC(C)(C)C2)C(=O)N(C)[C@@H](C2CCCC2)C(=O)N(C)[C@H](C(=O)N(C)CC)CC(=O)N1C. The molecule has 1 spiro atoms. The van der Waals surface area contributed by atoms with Crippen LogP contribution in [-0.4, -0.2) is 295 Å². The Bertz CT molecular complexity index is 3280. The molecule has 8 aliphatic rings. The Balaban J connectivity index is 1.22. The van der Waals surface area contributed by atoms with Gasteiger partial charge in [-0.1, -0.05) is 85.3 Å². The lowest BCUT2D eigenvalue weighted by Crippen LogP contribution is -2.71. The van der Waals surface area contributed by atoms with Crippen molar-refractivity contribution in [3.8, 4) is 0 Å². The molecule has 0 aromatic heterocycles. The summed E-state index contributed by atoms with van der Waals surface area (Å²) in [7, 11) is 9.96. The number of methoxy groups -OCH3 is 1. The lowest BCUT2D eigenvalue weighted by molar-refractivity contribution is -0.215. The summed E-state index contributed by atoms with van der Waals surface area (Å²) in [6.45, 7) is 14.5. The molecule has 12 amide bonds. The van der Waals surface area contributed by atoms with Crippen molar-refractivity contribution in [1.82, 2.24) is 60.0 Å². The average molecular weight is 1560 g/mol. The average Bonchev–Trinajstić information content (AvgIpc) is 0.903. The molecule has 4 heterocycles. The highest BCUT2D eigenvalue weighted by molar-refractivity contribution is 6.01. The van der Waals surface area contributed by atoms with Crippen LogP contribution in [0.5, 0.6) is 0 Å².